The van der Waals surface area contributed by atoms with Gasteiger partial charge in [0.15, 0.2) is 0 Å². The molecule has 3 aliphatic rings. The summed E-state index contributed by atoms with van der Waals surface area (Å²) in [7, 11) is 0. The van der Waals surface area contributed by atoms with Gasteiger partial charge in [-0.2, -0.15) is 0 Å². The predicted molar refractivity (Wildman–Crippen MR) is 89.1 cm³/mol. The Labute approximate surface area is 132 Å². The normalized spacial score (nSPS) is 29.2. The summed E-state index contributed by atoms with van der Waals surface area (Å²) in [6.45, 7) is 3.32. The average Bonchev–Trinajstić information content (AvgIpc) is 3.09. The van der Waals surface area contributed by atoms with Crippen molar-refractivity contribution in [1.82, 2.24) is 4.90 Å². The largest absolute Gasteiger partial charge is 0.376 e. The number of amides is 1. The molecule has 0 radical (unpaired) electrons. The first-order valence-electron chi connectivity index (χ1n) is 8.62. The monoisotopic (exact) mass is 299 g/mol. The van der Waals surface area contributed by atoms with Crippen molar-refractivity contribution in [3.63, 3.8) is 0 Å². The van der Waals surface area contributed by atoms with Crippen molar-refractivity contribution in [2.75, 3.05) is 30.3 Å². The molecule has 1 aromatic carbocycles. The zero-order valence-electron chi connectivity index (χ0n) is 13.1. The van der Waals surface area contributed by atoms with E-state index in [1.54, 1.807) is 0 Å². The van der Waals surface area contributed by atoms with E-state index >= 15 is 0 Å². The van der Waals surface area contributed by atoms with E-state index in [2.05, 4.69) is 21.6 Å². The Bertz CT molecular complexity index is 567. The number of likely N-dealkylation sites (tertiary alicyclic amines) is 1. The average molecular weight is 299 g/mol. The van der Waals surface area contributed by atoms with Crippen molar-refractivity contribution in [1.29, 1.82) is 0 Å². The summed E-state index contributed by atoms with van der Waals surface area (Å²) >= 11 is 0. The third-order valence-electron chi connectivity index (χ3n) is 5.52. The maximum Gasteiger partial charge on any atom is 0.226 e. The highest BCUT2D eigenvalue weighted by Crippen LogP contribution is 2.36. The number of carbonyl (C=O) groups is 1. The van der Waals surface area contributed by atoms with Gasteiger partial charge in [0.25, 0.3) is 0 Å². The molecule has 1 atom stereocenters. The lowest BCUT2D eigenvalue weighted by Crippen LogP contribution is -2.43. The zero-order valence-corrected chi connectivity index (χ0v) is 13.1. The number of nitrogens with zero attached hydrogens (tertiary/aromatic N) is 1. The molecule has 2 aliphatic heterocycles. The SMILES string of the molecule is O=C1CC2(CCN(CC3CCCC3)C2)Nc2ccccc2N1. The third kappa shape index (κ3) is 2.72. The van der Waals surface area contributed by atoms with Crippen LogP contribution >= 0.6 is 0 Å². The van der Waals surface area contributed by atoms with Crippen LogP contribution in [0.25, 0.3) is 0 Å². The van der Waals surface area contributed by atoms with Crippen molar-refractivity contribution in [2.45, 2.75) is 44.1 Å². The number of rotatable bonds is 2. The van der Waals surface area contributed by atoms with Crippen LogP contribution in [0.2, 0.25) is 0 Å². The Morgan fingerprint density at radius 2 is 1.95 bits per heavy atom. The molecule has 4 rings (SSSR count). The zero-order chi connectivity index (χ0) is 15.0. The number of anilines is 2. The summed E-state index contributed by atoms with van der Waals surface area (Å²) < 4.78 is 0. The molecule has 0 aromatic heterocycles. The minimum atomic E-state index is -0.0880. The molecule has 1 saturated heterocycles. The minimum absolute atomic E-state index is 0.0880. The Morgan fingerprint density at radius 3 is 2.77 bits per heavy atom. The van der Waals surface area contributed by atoms with Gasteiger partial charge in [0, 0.05) is 19.6 Å². The maximum absolute atomic E-state index is 12.3. The number of fused-ring (bicyclic) bond motifs is 1. The summed E-state index contributed by atoms with van der Waals surface area (Å²) in [4.78, 5) is 14.9. The number of benzene rings is 1. The van der Waals surface area contributed by atoms with Gasteiger partial charge in [-0.3, -0.25) is 4.79 Å². The van der Waals surface area contributed by atoms with E-state index < -0.39 is 0 Å². The molecule has 4 nitrogen and oxygen atoms in total. The van der Waals surface area contributed by atoms with E-state index in [0.717, 1.165) is 36.8 Å². The van der Waals surface area contributed by atoms with Crippen LogP contribution in [-0.2, 0) is 4.79 Å². The number of hydrogen-bond donors (Lipinski definition) is 2. The molecule has 1 spiro atoms. The van der Waals surface area contributed by atoms with Gasteiger partial charge in [0.05, 0.1) is 23.3 Å². The van der Waals surface area contributed by atoms with Crippen LogP contribution in [0.15, 0.2) is 24.3 Å². The van der Waals surface area contributed by atoms with Crippen molar-refractivity contribution in [3.8, 4) is 0 Å². The second-order valence-electron chi connectivity index (χ2n) is 7.31. The van der Waals surface area contributed by atoms with Gasteiger partial charge in [-0.15, -0.1) is 0 Å². The summed E-state index contributed by atoms with van der Waals surface area (Å²) in [6, 6.07) is 8.05. The number of hydrogen-bond acceptors (Lipinski definition) is 3. The van der Waals surface area contributed by atoms with Crippen LogP contribution in [0.5, 0.6) is 0 Å². The van der Waals surface area contributed by atoms with Crippen LogP contribution in [-0.4, -0.2) is 36.0 Å². The van der Waals surface area contributed by atoms with Crippen LogP contribution in [0.1, 0.15) is 38.5 Å². The van der Waals surface area contributed by atoms with Crippen LogP contribution < -0.4 is 10.6 Å². The Balaban J connectivity index is 1.50. The van der Waals surface area contributed by atoms with Crippen molar-refractivity contribution in [3.05, 3.63) is 24.3 Å². The molecule has 2 N–H and O–H groups in total. The molecule has 1 amide bonds. The van der Waals surface area contributed by atoms with Gasteiger partial charge in [-0.1, -0.05) is 25.0 Å². The maximum atomic E-state index is 12.3. The summed E-state index contributed by atoms with van der Waals surface area (Å²) in [6.07, 6.45) is 7.21. The predicted octanol–water partition coefficient (Wildman–Crippen LogP) is 3.08. The van der Waals surface area contributed by atoms with Gasteiger partial charge in [0.2, 0.25) is 5.91 Å². The van der Waals surface area contributed by atoms with E-state index in [1.807, 2.05) is 18.2 Å². The van der Waals surface area contributed by atoms with Gasteiger partial charge < -0.3 is 15.5 Å². The van der Waals surface area contributed by atoms with E-state index in [4.69, 9.17) is 0 Å². The molecule has 1 unspecified atom stereocenters. The van der Waals surface area contributed by atoms with Gasteiger partial charge in [-0.25, -0.2) is 0 Å². The third-order valence-corrected chi connectivity index (χ3v) is 5.52. The summed E-state index contributed by atoms with van der Waals surface area (Å²) in [5.41, 5.74) is 1.89. The Morgan fingerprint density at radius 1 is 1.18 bits per heavy atom. The lowest BCUT2D eigenvalue weighted by Gasteiger charge is -2.30. The fraction of sp³-hybridized carbons (Fsp3) is 0.611. The molecule has 118 valence electrons. The lowest BCUT2D eigenvalue weighted by molar-refractivity contribution is -0.117. The van der Waals surface area contributed by atoms with E-state index in [1.165, 1.54) is 32.2 Å². The van der Waals surface area contributed by atoms with Crippen LogP contribution in [0, 0.1) is 5.92 Å². The molecule has 2 fully saturated rings. The standard InChI is InChI=1S/C18H25N3O/c22-17-11-18(20-16-8-4-3-7-15(16)19-17)9-10-21(13-18)12-14-5-1-2-6-14/h3-4,7-8,14,20H,1-2,5-6,9-13H2,(H,19,22). The van der Waals surface area contributed by atoms with E-state index in [-0.39, 0.29) is 11.4 Å². The van der Waals surface area contributed by atoms with Gasteiger partial charge in [0.1, 0.15) is 0 Å². The molecular formula is C18H25N3O. The fourth-order valence-electron chi connectivity index (χ4n) is 4.45. The quantitative estimate of drug-likeness (QED) is 0.882. The second-order valence-corrected chi connectivity index (χ2v) is 7.31. The number of nitrogens with one attached hydrogen (secondary N) is 2. The van der Waals surface area contributed by atoms with Crippen molar-refractivity contribution < 1.29 is 4.79 Å². The van der Waals surface area contributed by atoms with Crippen molar-refractivity contribution >= 4 is 17.3 Å². The van der Waals surface area contributed by atoms with Gasteiger partial charge >= 0.3 is 0 Å². The van der Waals surface area contributed by atoms with E-state index in [0.29, 0.717) is 6.42 Å². The smallest absolute Gasteiger partial charge is 0.226 e. The molecule has 2 heterocycles. The molecule has 1 aliphatic carbocycles. The summed E-state index contributed by atoms with van der Waals surface area (Å²) in [5.74, 6) is 1.02. The first kappa shape index (κ1) is 14.1. The van der Waals surface area contributed by atoms with Gasteiger partial charge in [-0.05, 0) is 37.3 Å². The van der Waals surface area contributed by atoms with Crippen molar-refractivity contribution in [2.24, 2.45) is 5.92 Å². The summed E-state index contributed by atoms with van der Waals surface area (Å²) in [5, 5.41) is 6.74. The van der Waals surface area contributed by atoms with E-state index in [9.17, 15) is 4.79 Å². The highest BCUT2D eigenvalue weighted by molar-refractivity contribution is 5.97. The molecule has 4 heteroatoms. The van der Waals surface area contributed by atoms with Crippen LogP contribution in [0.3, 0.4) is 0 Å². The Hall–Kier alpha value is -1.55. The first-order chi connectivity index (χ1) is 10.7. The highest BCUT2D eigenvalue weighted by atomic mass is 16.1. The minimum Gasteiger partial charge on any atom is -0.376 e. The topological polar surface area (TPSA) is 44.4 Å². The molecule has 22 heavy (non-hydrogen) atoms. The highest BCUT2D eigenvalue weighted by Gasteiger charge is 2.42. The molecular weight excluding hydrogens is 274 g/mol. The second kappa shape index (κ2) is 5.58. The lowest BCUT2D eigenvalue weighted by atomic mass is 9.93. The molecule has 1 saturated carbocycles. The fourth-order valence-corrected chi connectivity index (χ4v) is 4.45. The number of carbonyl (C=O) groups excluding carboxylic acids is 1. The molecule has 0 bridgehead atoms. The van der Waals surface area contributed by atoms with Crippen LogP contribution in [0.4, 0.5) is 11.4 Å². The molecule has 1 aromatic rings. The first-order valence-corrected chi connectivity index (χ1v) is 8.62. The Kier molecular flexibility index (Phi) is 3.57. The number of para-hydroxylation sites is 2.